The Morgan fingerprint density at radius 1 is 1.05 bits per heavy atom. The van der Waals surface area contributed by atoms with E-state index in [9.17, 15) is 4.39 Å². The van der Waals surface area contributed by atoms with Gasteiger partial charge in [0.15, 0.2) is 0 Å². The Bertz CT molecular complexity index is 536. The third kappa shape index (κ3) is 3.34. The van der Waals surface area contributed by atoms with Crippen molar-refractivity contribution in [2.75, 3.05) is 7.11 Å². The fourth-order valence-corrected chi connectivity index (χ4v) is 2.40. The molecular formula is C17H19FO. The first-order valence-corrected chi connectivity index (χ1v) is 6.64. The maximum atomic E-state index is 13.4. The number of halogens is 1. The molecule has 1 unspecified atom stereocenters. The highest BCUT2D eigenvalue weighted by Crippen LogP contribution is 2.31. The first-order chi connectivity index (χ1) is 9.24. The number of rotatable bonds is 5. The van der Waals surface area contributed by atoms with E-state index in [-0.39, 0.29) is 11.7 Å². The average molecular weight is 258 g/mol. The number of ether oxygens (including phenoxy) is 1. The van der Waals surface area contributed by atoms with Crippen LogP contribution in [0.25, 0.3) is 0 Å². The van der Waals surface area contributed by atoms with Crippen LogP contribution in [0.1, 0.15) is 36.8 Å². The molecular weight excluding hydrogens is 239 g/mol. The summed E-state index contributed by atoms with van der Waals surface area (Å²) in [5.74, 6) is 0.882. The van der Waals surface area contributed by atoms with Crippen LogP contribution >= 0.6 is 0 Å². The monoisotopic (exact) mass is 258 g/mol. The summed E-state index contributed by atoms with van der Waals surface area (Å²) < 4.78 is 18.7. The second kappa shape index (κ2) is 6.37. The summed E-state index contributed by atoms with van der Waals surface area (Å²) >= 11 is 0. The molecule has 0 aliphatic rings. The molecule has 0 spiro atoms. The van der Waals surface area contributed by atoms with Crippen LogP contribution in [0.2, 0.25) is 0 Å². The molecule has 2 rings (SSSR count). The van der Waals surface area contributed by atoms with Gasteiger partial charge in [0, 0.05) is 5.92 Å². The number of methoxy groups -OCH3 is 1. The first kappa shape index (κ1) is 13.6. The van der Waals surface area contributed by atoms with E-state index in [0.29, 0.717) is 0 Å². The molecule has 0 aliphatic heterocycles. The number of hydrogen-bond donors (Lipinski definition) is 0. The second-order valence-corrected chi connectivity index (χ2v) is 4.67. The summed E-state index contributed by atoms with van der Waals surface area (Å²) in [6.07, 6.45) is 2.05. The molecule has 0 saturated heterocycles. The van der Waals surface area contributed by atoms with Crippen LogP contribution in [-0.4, -0.2) is 7.11 Å². The Labute approximate surface area is 114 Å². The van der Waals surface area contributed by atoms with Gasteiger partial charge in [0.05, 0.1) is 7.11 Å². The lowest BCUT2D eigenvalue weighted by Gasteiger charge is -2.18. The van der Waals surface area contributed by atoms with Gasteiger partial charge in [-0.25, -0.2) is 4.39 Å². The summed E-state index contributed by atoms with van der Waals surface area (Å²) in [4.78, 5) is 0. The second-order valence-electron chi connectivity index (χ2n) is 4.67. The molecule has 0 heterocycles. The molecule has 0 radical (unpaired) electrons. The number of hydrogen-bond acceptors (Lipinski definition) is 1. The highest BCUT2D eigenvalue weighted by Gasteiger charge is 2.14. The van der Waals surface area contributed by atoms with Crippen molar-refractivity contribution in [3.05, 3.63) is 65.5 Å². The Balaban J connectivity index is 2.38. The minimum atomic E-state index is -0.179. The highest BCUT2D eigenvalue weighted by atomic mass is 19.1. The first-order valence-electron chi connectivity index (χ1n) is 6.64. The molecule has 0 aliphatic carbocycles. The van der Waals surface area contributed by atoms with Crippen LogP contribution in [0.4, 0.5) is 4.39 Å². The topological polar surface area (TPSA) is 9.23 Å². The zero-order valence-electron chi connectivity index (χ0n) is 11.4. The van der Waals surface area contributed by atoms with Gasteiger partial charge in [-0.2, -0.15) is 0 Å². The van der Waals surface area contributed by atoms with Gasteiger partial charge in [-0.1, -0.05) is 37.6 Å². The van der Waals surface area contributed by atoms with Gasteiger partial charge in [0.2, 0.25) is 0 Å². The zero-order valence-corrected chi connectivity index (χ0v) is 11.4. The molecule has 1 nitrogen and oxygen atoms in total. The maximum absolute atomic E-state index is 13.4. The van der Waals surface area contributed by atoms with E-state index in [1.54, 1.807) is 19.2 Å². The average Bonchev–Trinajstić information content (AvgIpc) is 2.45. The van der Waals surface area contributed by atoms with Crippen molar-refractivity contribution in [2.24, 2.45) is 0 Å². The van der Waals surface area contributed by atoms with E-state index in [2.05, 4.69) is 13.0 Å². The molecule has 2 aromatic rings. The van der Waals surface area contributed by atoms with Gasteiger partial charge >= 0.3 is 0 Å². The van der Waals surface area contributed by atoms with Crippen molar-refractivity contribution in [1.29, 1.82) is 0 Å². The molecule has 0 saturated carbocycles. The van der Waals surface area contributed by atoms with Crippen molar-refractivity contribution in [3.63, 3.8) is 0 Å². The van der Waals surface area contributed by atoms with E-state index >= 15 is 0 Å². The van der Waals surface area contributed by atoms with Crippen LogP contribution in [0.3, 0.4) is 0 Å². The summed E-state index contributed by atoms with van der Waals surface area (Å²) in [6.45, 7) is 2.15. The lowest BCUT2D eigenvalue weighted by Crippen LogP contribution is -2.01. The predicted molar refractivity (Wildman–Crippen MR) is 76.1 cm³/mol. The van der Waals surface area contributed by atoms with Crippen molar-refractivity contribution >= 4 is 0 Å². The predicted octanol–water partition coefficient (Wildman–Crippen LogP) is 4.77. The van der Waals surface area contributed by atoms with Gasteiger partial charge in [-0.15, -0.1) is 0 Å². The number of benzene rings is 2. The standard InChI is InChI=1S/C17H19FO/c1-3-6-17(13-7-4-9-15(18)11-13)14-8-5-10-16(12-14)19-2/h4-5,7-12,17H,3,6H2,1-2H3. The fraction of sp³-hybridized carbons (Fsp3) is 0.294. The molecule has 19 heavy (non-hydrogen) atoms. The molecule has 0 fully saturated rings. The lowest BCUT2D eigenvalue weighted by molar-refractivity contribution is 0.414. The minimum absolute atomic E-state index is 0.179. The molecule has 0 bridgehead atoms. The van der Waals surface area contributed by atoms with Crippen molar-refractivity contribution in [3.8, 4) is 5.75 Å². The van der Waals surface area contributed by atoms with Crippen LogP contribution < -0.4 is 4.74 Å². The van der Waals surface area contributed by atoms with E-state index < -0.39 is 0 Å². The third-order valence-corrected chi connectivity index (χ3v) is 3.32. The molecule has 0 N–H and O–H groups in total. The van der Waals surface area contributed by atoms with Crippen LogP contribution in [0.5, 0.6) is 5.75 Å². The molecule has 0 amide bonds. The summed E-state index contributed by atoms with van der Waals surface area (Å²) in [5, 5.41) is 0. The van der Waals surface area contributed by atoms with E-state index in [0.717, 1.165) is 24.2 Å². The minimum Gasteiger partial charge on any atom is -0.497 e. The normalized spacial score (nSPS) is 12.2. The van der Waals surface area contributed by atoms with Crippen molar-refractivity contribution < 1.29 is 9.13 Å². The quantitative estimate of drug-likeness (QED) is 0.751. The van der Waals surface area contributed by atoms with E-state index in [4.69, 9.17) is 4.74 Å². The van der Waals surface area contributed by atoms with Gasteiger partial charge in [-0.05, 0) is 41.8 Å². The van der Waals surface area contributed by atoms with Crippen LogP contribution in [0, 0.1) is 5.82 Å². The Morgan fingerprint density at radius 2 is 1.74 bits per heavy atom. The summed E-state index contributed by atoms with van der Waals surface area (Å²) in [7, 11) is 1.66. The van der Waals surface area contributed by atoms with Crippen LogP contribution in [-0.2, 0) is 0 Å². The van der Waals surface area contributed by atoms with Crippen LogP contribution in [0.15, 0.2) is 48.5 Å². The largest absolute Gasteiger partial charge is 0.497 e. The SMILES string of the molecule is CCCC(c1cccc(F)c1)c1cccc(OC)c1. The third-order valence-electron chi connectivity index (χ3n) is 3.32. The molecule has 1 atom stereocenters. The lowest BCUT2D eigenvalue weighted by atomic mass is 9.87. The highest BCUT2D eigenvalue weighted by molar-refractivity contribution is 5.37. The van der Waals surface area contributed by atoms with Gasteiger partial charge in [-0.3, -0.25) is 0 Å². The smallest absolute Gasteiger partial charge is 0.123 e. The van der Waals surface area contributed by atoms with Gasteiger partial charge in [0.25, 0.3) is 0 Å². The Hall–Kier alpha value is -1.83. The molecule has 2 aromatic carbocycles. The van der Waals surface area contributed by atoms with Gasteiger partial charge < -0.3 is 4.74 Å². The van der Waals surface area contributed by atoms with Gasteiger partial charge in [0.1, 0.15) is 11.6 Å². The van der Waals surface area contributed by atoms with Crippen molar-refractivity contribution in [1.82, 2.24) is 0 Å². The van der Waals surface area contributed by atoms with E-state index in [1.165, 1.54) is 11.6 Å². The Kier molecular flexibility index (Phi) is 4.56. The summed E-state index contributed by atoms with van der Waals surface area (Å²) in [6, 6.07) is 14.9. The summed E-state index contributed by atoms with van der Waals surface area (Å²) in [5.41, 5.74) is 2.20. The molecule has 0 aromatic heterocycles. The molecule has 2 heteroatoms. The Morgan fingerprint density at radius 3 is 2.37 bits per heavy atom. The maximum Gasteiger partial charge on any atom is 0.123 e. The van der Waals surface area contributed by atoms with E-state index in [1.807, 2.05) is 24.3 Å². The van der Waals surface area contributed by atoms with Crippen molar-refractivity contribution in [2.45, 2.75) is 25.7 Å². The fourth-order valence-electron chi connectivity index (χ4n) is 2.40. The zero-order chi connectivity index (χ0) is 13.7. The molecule has 100 valence electrons.